The van der Waals surface area contributed by atoms with Gasteiger partial charge in [-0.1, -0.05) is 13.3 Å². The quantitative estimate of drug-likeness (QED) is 0.630. The predicted octanol–water partition coefficient (Wildman–Crippen LogP) is 2.48. The van der Waals surface area contributed by atoms with Gasteiger partial charge in [-0.3, -0.25) is 14.9 Å². The fourth-order valence-corrected chi connectivity index (χ4v) is 3.95. The summed E-state index contributed by atoms with van der Waals surface area (Å²) in [5.41, 5.74) is 0.532. The number of nitro benzene ring substituents is 1. The van der Waals surface area contributed by atoms with Crippen molar-refractivity contribution in [3.05, 3.63) is 33.9 Å². The van der Waals surface area contributed by atoms with Crippen molar-refractivity contribution in [2.24, 2.45) is 5.41 Å². The van der Waals surface area contributed by atoms with Crippen LogP contribution in [0.4, 0.5) is 11.4 Å². The molecule has 2 fully saturated rings. The van der Waals surface area contributed by atoms with Crippen LogP contribution in [0.15, 0.2) is 18.2 Å². The van der Waals surface area contributed by atoms with Crippen molar-refractivity contribution in [1.29, 1.82) is 0 Å². The van der Waals surface area contributed by atoms with E-state index in [0.29, 0.717) is 11.3 Å². The summed E-state index contributed by atoms with van der Waals surface area (Å²) in [7, 11) is 0. The number of nitrogens with one attached hydrogen (secondary N) is 1. The lowest BCUT2D eigenvalue weighted by Gasteiger charge is -2.30. The Kier molecular flexibility index (Phi) is 4.94. The number of hydrogen-bond acceptors (Lipinski definition) is 5. The molecule has 25 heavy (non-hydrogen) atoms. The van der Waals surface area contributed by atoms with Crippen molar-refractivity contribution in [1.82, 2.24) is 5.32 Å². The van der Waals surface area contributed by atoms with E-state index in [4.69, 9.17) is 0 Å². The Morgan fingerprint density at radius 1 is 1.40 bits per heavy atom. The van der Waals surface area contributed by atoms with Gasteiger partial charge in [0, 0.05) is 36.2 Å². The van der Waals surface area contributed by atoms with Crippen molar-refractivity contribution < 1.29 is 14.8 Å². The Hall–Kier alpha value is -2.15. The number of rotatable bonds is 5. The summed E-state index contributed by atoms with van der Waals surface area (Å²) in [4.78, 5) is 25.6. The zero-order chi connectivity index (χ0) is 18.0. The molecule has 2 unspecified atom stereocenters. The Balaban J connectivity index is 1.81. The first-order chi connectivity index (χ1) is 11.9. The lowest BCUT2D eigenvalue weighted by Crippen LogP contribution is -2.44. The third-order valence-corrected chi connectivity index (χ3v) is 5.63. The third kappa shape index (κ3) is 3.46. The molecule has 7 nitrogen and oxygen atoms in total. The maximum atomic E-state index is 12.6. The molecule has 1 saturated carbocycles. The number of carbonyl (C=O) groups is 1. The predicted molar refractivity (Wildman–Crippen MR) is 94.8 cm³/mol. The molecular weight excluding hydrogens is 322 g/mol. The van der Waals surface area contributed by atoms with E-state index < -0.39 is 4.92 Å². The van der Waals surface area contributed by atoms with Crippen LogP contribution in [-0.4, -0.2) is 41.7 Å². The fourth-order valence-electron chi connectivity index (χ4n) is 3.95. The van der Waals surface area contributed by atoms with Crippen molar-refractivity contribution in [2.75, 3.05) is 24.6 Å². The van der Waals surface area contributed by atoms with Crippen LogP contribution in [0.2, 0.25) is 0 Å². The van der Waals surface area contributed by atoms with Crippen molar-refractivity contribution in [2.45, 2.75) is 45.1 Å². The molecule has 7 heteroatoms. The van der Waals surface area contributed by atoms with E-state index in [9.17, 15) is 20.0 Å². The van der Waals surface area contributed by atoms with Crippen LogP contribution in [0.1, 0.15) is 49.4 Å². The van der Waals surface area contributed by atoms with Gasteiger partial charge in [-0.2, -0.15) is 0 Å². The molecule has 2 aliphatic rings. The largest absolute Gasteiger partial charge is 0.396 e. The number of nitrogens with zero attached hydrogens (tertiary/aromatic N) is 2. The molecule has 2 atom stereocenters. The maximum Gasteiger partial charge on any atom is 0.293 e. The van der Waals surface area contributed by atoms with Crippen LogP contribution in [0, 0.1) is 15.5 Å². The topological polar surface area (TPSA) is 95.7 Å². The monoisotopic (exact) mass is 347 g/mol. The summed E-state index contributed by atoms with van der Waals surface area (Å²) in [6.45, 7) is 3.60. The Labute approximate surface area is 147 Å². The molecule has 1 saturated heterocycles. The molecule has 1 aliphatic carbocycles. The Morgan fingerprint density at radius 3 is 2.76 bits per heavy atom. The van der Waals surface area contributed by atoms with E-state index in [1.807, 2.05) is 11.8 Å². The summed E-state index contributed by atoms with van der Waals surface area (Å²) >= 11 is 0. The molecule has 1 aliphatic heterocycles. The molecule has 0 aromatic heterocycles. The minimum atomic E-state index is -0.419. The zero-order valence-electron chi connectivity index (χ0n) is 14.5. The lowest BCUT2D eigenvalue weighted by molar-refractivity contribution is -0.384. The summed E-state index contributed by atoms with van der Waals surface area (Å²) in [6.07, 6.45) is 4.69. The number of aliphatic hydroxyl groups is 1. The molecule has 2 N–H and O–H groups in total. The molecule has 0 spiro atoms. The molecule has 3 rings (SSSR count). The van der Waals surface area contributed by atoms with Crippen molar-refractivity contribution in [3.63, 3.8) is 0 Å². The summed E-state index contributed by atoms with van der Waals surface area (Å²) in [6, 6.07) is 4.59. The number of benzene rings is 1. The van der Waals surface area contributed by atoms with E-state index in [-0.39, 0.29) is 29.7 Å². The van der Waals surface area contributed by atoms with Gasteiger partial charge in [0.25, 0.3) is 11.6 Å². The smallest absolute Gasteiger partial charge is 0.293 e. The van der Waals surface area contributed by atoms with Gasteiger partial charge in [0.15, 0.2) is 0 Å². The van der Waals surface area contributed by atoms with Gasteiger partial charge in [-0.25, -0.2) is 0 Å². The summed E-state index contributed by atoms with van der Waals surface area (Å²) in [5, 5.41) is 24.0. The molecule has 0 radical (unpaired) electrons. The van der Waals surface area contributed by atoms with Crippen LogP contribution in [-0.2, 0) is 0 Å². The molecule has 0 bridgehead atoms. The van der Waals surface area contributed by atoms with Gasteiger partial charge in [0.1, 0.15) is 5.69 Å². The van der Waals surface area contributed by atoms with Crippen LogP contribution in [0.3, 0.4) is 0 Å². The highest BCUT2D eigenvalue weighted by Crippen LogP contribution is 2.38. The number of hydrogen-bond donors (Lipinski definition) is 2. The van der Waals surface area contributed by atoms with Gasteiger partial charge in [0.2, 0.25) is 0 Å². The van der Waals surface area contributed by atoms with Crippen LogP contribution in [0.5, 0.6) is 0 Å². The molecule has 1 heterocycles. The van der Waals surface area contributed by atoms with Crippen LogP contribution in [0.25, 0.3) is 0 Å². The zero-order valence-corrected chi connectivity index (χ0v) is 14.5. The Morgan fingerprint density at radius 2 is 2.12 bits per heavy atom. The minimum Gasteiger partial charge on any atom is -0.396 e. The van der Waals surface area contributed by atoms with Gasteiger partial charge >= 0.3 is 0 Å². The molecule has 1 amide bonds. The second-order valence-corrected chi connectivity index (χ2v) is 7.39. The normalized spacial score (nSPS) is 26.0. The summed E-state index contributed by atoms with van der Waals surface area (Å²) in [5.74, 6) is -0.317. The molecule has 1 aromatic carbocycles. The highest BCUT2D eigenvalue weighted by molar-refractivity contribution is 5.96. The number of amides is 1. The van der Waals surface area contributed by atoms with Crippen LogP contribution >= 0.6 is 0 Å². The second kappa shape index (κ2) is 7.00. The van der Waals surface area contributed by atoms with E-state index in [2.05, 4.69) is 5.32 Å². The van der Waals surface area contributed by atoms with Gasteiger partial charge in [0.05, 0.1) is 11.5 Å². The average Bonchev–Trinajstić information content (AvgIpc) is 3.25. The molecular formula is C18H25N3O4. The molecule has 136 valence electrons. The first-order valence-electron chi connectivity index (χ1n) is 8.90. The number of aliphatic hydroxyl groups excluding tert-OH is 1. The highest BCUT2D eigenvalue weighted by atomic mass is 16.6. The minimum absolute atomic E-state index is 0.0198. The average molecular weight is 347 g/mol. The van der Waals surface area contributed by atoms with Crippen LogP contribution < -0.4 is 10.2 Å². The number of carbonyl (C=O) groups excluding carboxylic acids is 1. The maximum absolute atomic E-state index is 12.6. The Bertz CT molecular complexity index is 672. The van der Waals surface area contributed by atoms with Crippen molar-refractivity contribution in [3.8, 4) is 0 Å². The van der Waals surface area contributed by atoms with Crippen molar-refractivity contribution >= 4 is 17.3 Å². The SMILES string of the molecule is CC1(CO)CCCC1NC(=O)c1ccc(N2CCCC2)c([N+](=O)[O-])c1. The lowest BCUT2D eigenvalue weighted by atomic mass is 9.85. The van der Waals surface area contributed by atoms with E-state index in [1.165, 1.54) is 6.07 Å². The first kappa shape index (κ1) is 17.7. The molecule has 1 aromatic rings. The number of nitro groups is 1. The highest BCUT2D eigenvalue weighted by Gasteiger charge is 2.39. The number of anilines is 1. The third-order valence-electron chi connectivity index (χ3n) is 5.63. The fraction of sp³-hybridized carbons (Fsp3) is 0.611. The van der Waals surface area contributed by atoms with E-state index in [1.54, 1.807) is 12.1 Å². The summed E-state index contributed by atoms with van der Waals surface area (Å²) < 4.78 is 0. The standard InChI is InChI=1S/C18H25N3O4/c1-18(12-22)8-4-5-16(18)19-17(23)13-6-7-14(15(11-13)21(24)25)20-9-2-3-10-20/h6-7,11,16,22H,2-5,8-10,12H2,1H3,(H,19,23). The van der Waals surface area contributed by atoms with Gasteiger partial charge < -0.3 is 15.3 Å². The van der Waals surface area contributed by atoms with Gasteiger partial charge in [-0.05, 0) is 37.8 Å². The van der Waals surface area contributed by atoms with Gasteiger partial charge in [-0.15, -0.1) is 0 Å². The second-order valence-electron chi connectivity index (χ2n) is 7.39. The first-order valence-corrected chi connectivity index (χ1v) is 8.90. The van der Waals surface area contributed by atoms with E-state index in [0.717, 1.165) is 45.2 Å². The van der Waals surface area contributed by atoms with E-state index >= 15 is 0 Å².